The summed E-state index contributed by atoms with van der Waals surface area (Å²) in [6, 6.07) is 7.96. The molecule has 8 heteroatoms. The molecular formula is C21H26FN5O2. The molecule has 0 radical (unpaired) electrons. The van der Waals surface area contributed by atoms with Crippen LogP contribution < -0.4 is 10.6 Å². The van der Waals surface area contributed by atoms with Gasteiger partial charge in [0.15, 0.2) is 0 Å². The van der Waals surface area contributed by atoms with E-state index in [9.17, 15) is 9.18 Å². The first-order chi connectivity index (χ1) is 14.1. The molecule has 1 saturated carbocycles. The van der Waals surface area contributed by atoms with E-state index in [1.54, 1.807) is 18.3 Å². The van der Waals surface area contributed by atoms with Gasteiger partial charge in [-0.2, -0.15) is 4.98 Å². The van der Waals surface area contributed by atoms with Crippen molar-refractivity contribution >= 4 is 28.8 Å². The molecule has 1 fully saturated rings. The normalized spacial score (nSPS) is 13.0. The summed E-state index contributed by atoms with van der Waals surface area (Å²) < 4.78 is 15.2. The maximum Gasteiger partial charge on any atom is 0.404 e. The molecule has 0 unspecified atom stereocenters. The number of fused-ring (bicyclic) bond motifs is 1. The number of nitrogens with zero attached hydrogens (tertiary/aromatic N) is 3. The van der Waals surface area contributed by atoms with Crippen LogP contribution in [0.1, 0.15) is 38.5 Å². The fourth-order valence-electron chi connectivity index (χ4n) is 3.24. The molecule has 2 heterocycles. The van der Waals surface area contributed by atoms with E-state index in [0.29, 0.717) is 31.1 Å². The van der Waals surface area contributed by atoms with E-state index in [2.05, 4.69) is 20.6 Å². The second-order valence-electron chi connectivity index (χ2n) is 6.97. The molecule has 154 valence electrons. The number of carboxylic acid groups (broad SMARTS) is 1. The van der Waals surface area contributed by atoms with E-state index in [1.807, 2.05) is 16.8 Å². The van der Waals surface area contributed by atoms with Crippen LogP contribution in [0.25, 0.3) is 11.0 Å². The minimum Gasteiger partial charge on any atom is -0.465 e. The third kappa shape index (κ3) is 6.44. The molecule has 2 aromatic heterocycles. The summed E-state index contributed by atoms with van der Waals surface area (Å²) in [6.45, 7) is 0.995. The third-order valence-electron chi connectivity index (χ3n) is 4.68. The van der Waals surface area contributed by atoms with Crippen molar-refractivity contribution in [2.75, 3.05) is 11.9 Å². The number of hydrogen-bond acceptors (Lipinski definition) is 4. The molecule has 3 aromatic rings. The number of aryl methyl sites for hydroxylation is 1. The Balaban J connectivity index is 0.000000419. The average Bonchev–Trinajstić information content (AvgIpc) is 3.39. The van der Waals surface area contributed by atoms with Gasteiger partial charge in [-0.15, -0.1) is 0 Å². The van der Waals surface area contributed by atoms with Crippen LogP contribution in [0.15, 0.2) is 42.7 Å². The van der Waals surface area contributed by atoms with Crippen LogP contribution in [0.5, 0.6) is 0 Å². The Morgan fingerprint density at radius 2 is 1.93 bits per heavy atom. The SMILES string of the molecule is C1CCCC1.O=C(O)NCCCn1ccc2cnc(Nc3cccc(F)c3)nc21. The lowest BCUT2D eigenvalue weighted by Crippen LogP contribution is -2.22. The zero-order valence-corrected chi connectivity index (χ0v) is 16.3. The lowest BCUT2D eigenvalue weighted by atomic mass is 10.3. The summed E-state index contributed by atoms with van der Waals surface area (Å²) >= 11 is 0. The van der Waals surface area contributed by atoms with E-state index in [-0.39, 0.29) is 5.82 Å². The fourth-order valence-corrected chi connectivity index (χ4v) is 3.24. The van der Waals surface area contributed by atoms with Gasteiger partial charge in [0.05, 0.1) is 0 Å². The van der Waals surface area contributed by atoms with Crippen molar-refractivity contribution in [2.45, 2.75) is 45.1 Å². The molecule has 4 rings (SSSR count). The molecule has 0 atom stereocenters. The minimum atomic E-state index is -1.03. The summed E-state index contributed by atoms with van der Waals surface area (Å²) in [5.41, 5.74) is 1.30. The molecule has 3 N–H and O–H groups in total. The van der Waals surface area contributed by atoms with Crippen LogP contribution in [-0.4, -0.2) is 32.3 Å². The van der Waals surface area contributed by atoms with Gasteiger partial charge in [0.2, 0.25) is 5.95 Å². The minimum absolute atomic E-state index is 0.338. The number of hydrogen-bond donors (Lipinski definition) is 3. The quantitative estimate of drug-likeness (QED) is 0.512. The van der Waals surface area contributed by atoms with Gasteiger partial charge in [0.1, 0.15) is 11.5 Å². The van der Waals surface area contributed by atoms with E-state index >= 15 is 0 Å². The van der Waals surface area contributed by atoms with Gasteiger partial charge >= 0.3 is 6.09 Å². The van der Waals surface area contributed by atoms with Gasteiger partial charge in [0.25, 0.3) is 0 Å². The third-order valence-corrected chi connectivity index (χ3v) is 4.68. The van der Waals surface area contributed by atoms with Gasteiger partial charge in [-0.05, 0) is 30.7 Å². The number of amides is 1. The molecule has 1 amide bonds. The number of anilines is 2. The molecule has 0 aliphatic heterocycles. The van der Waals surface area contributed by atoms with Crippen molar-refractivity contribution in [1.29, 1.82) is 0 Å². The van der Waals surface area contributed by atoms with Crippen LogP contribution in [0.4, 0.5) is 20.8 Å². The first-order valence-corrected chi connectivity index (χ1v) is 9.93. The molecule has 1 aliphatic carbocycles. The fraction of sp³-hybridized carbons (Fsp3) is 0.381. The Labute approximate surface area is 169 Å². The van der Waals surface area contributed by atoms with Crippen molar-refractivity contribution in [3.05, 3.63) is 48.5 Å². The maximum absolute atomic E-state index is 13.2. The predicted molar refractivity (Wildman–Crippen MR) is 111 cm³/mol. The monoisotopic (exact) mass is 399 g/mol. The number of benzene rings is 1. The smallest absolute Gasteiger partial charge is 0.404 e. The zero-order chi connectivity index (χ0) is 20.5. The van der Waals surface area contributed by atoms with Crippen molar-refractivity contribution in [2.24, 2.45) is 0 Å². The van der Waals surface area contributed by atoms with E-state index in [4.69, 9.17) is 5.11 Å². The number of halogens is 1. The standard InChI is InChI=1S/C16H16FN5O2.C5H10/c17-12-3-1-4-13(9-12)20-15-19-10-11-5-8-22(14(11)21-15)7-2-6-18-16(23)24;1-2-4-5-3-1/h1,3-5,8-10,18H,2,6-7H2,(H,23,24)(H,19,20,21);1-5H2. The van der Waals surface area contributed by atoms with Crippen molar-refractivity contribution in [3.8, 4) is 0 Å². The van der Waals surface area contributed by atoms with Crippen LogP contribution in [0.2, 0.25) is 0 Å². The van der Waals surface area contributed by atoms with Crippen molar-refractivity contribution in [3.63, 3.8) is 0 Å². The molecular weight excluding hydrogens is 373 g/mol. The van der Waals surface area contributed by atoms with E-state index < -0.39 is 6.09 Å². The predicted octanol–water partition coefficient (Wildman–Crippen LogP) is 4.92. The zero-order valence-electron chi connectivity index (χ0n) is 16.3. The first kappa shape index (κ1) is 20.6. The Morgan fingerprint density at radius 1 is 1.17 bits per heavy atom. The highest BCUT2D eigenvalue weighted by atomic mass is 19.1. The molecule has 0 bridgehead atoms. The highest BCUT2D eigenvalue weighted by Crippen LogP contribution is 2.18. The molecule has 7 nitrogen and oxygen atoms in total. The first-order valence-electron chi connectivity index (χ1n) is 9.93. The average molecular weight is 399 g/mol. The van der Waals surface area contributed by atoms with Crippen LogP contribution in [-0.2, 0) is 6.54 Å². The number of aromatic nitrogens is 3. The summed E-state index contributed by atoms with van der Waals surface area (Å²) in [6.07, 6.45) is 10.7. The second kappa shape index (κ2) is 10.4. The lowest BCUT2D eigenvalue weighted by molar-refractivity contribution is 0.194. The van der Waals surface area contributed by atoms with Gasteiger partial charge < -0.3 is 20.3 Å². The Morgan fingerprint density at radius 3 is 2.62 bits per heavy atom. The molecule has 29 heavy (non-hydrogen) atoms. The van der Waals surface area contributed by atoms with E-state index in [0.717, 1.165) is 11.0 Å². The highest BCUT2D eigenvalue weighted by molar-refractivity contribution is 5.76. The molecule has 1 aromatic carbocycles. The number of carbonyl (C=O) groups is 1. The van der Waals surface area contributed by atoms with E-state index in [1.165, 1.54) is 44.2 Å². The van der Waals surface area contributed by atoms with Crippen LogP contribution in [0.3, 0.4) is 0 Å². The molecule has 0 spiro atoms. The molecule has 0 saturated heterocycles. The van der Waals surface area contributed by atoms with Gasteiger partial charge in [-0.1, -0.05) is 38.2 Å². The lowest BCUT2D eigenvalue weighted by Gasteiger charge is -2.07. The summed E-state index contributed by atoms with van der Waals surface area (Å²) in [5.74, 6) is 0.0343. The molecule has 1 aliphatic rings. The van der Waals surface area contributed by atoms with Crippen LogP contribution in [0, 0.1) is 5.82 Å². The number of rotatable bonds is 6. The van der Waals surface area contributed by atoms with Gasteiger partial charge in [0, 0.05) is 36.6 Å². The maximum atomic E-state index is 13.2. The van der Waals surface area contributed by atoms with Gasteiger partial charge in [-0.25, -0.2) is 14.2 Å². The topological polar surface area (TPSA) is 92.1 Å². The van der Waals surface area contributed by atoms with Crippen LogP contribution >= 0.6 is 0 Å². The largest absolute Gasteiger partial charge is 0.465 e. The Kier molecular flexibility index (Phi) is 7.38. The number of nitrogens with one attached hydrogen (secondary N) is 2. The Hall–Kier alpha value is -3.16. The van der Waals surface area contributed by atoms with Crippen molar-refractivity contribution in [1.82, 2.24) is 19.9 Å². The highest BCUT2D eigenvalue weighted by Gasteiger charge is 2.06. The summed E-state index contributed by atoms with van der Waals surface area (Å²) in [4.78, 5) is 19.1. The van der Waals surface area contributed by atoms with Gasteiger partial charge in [-0.3, -0.25) is 0 Å². The Bertz CT molecular complexity index is 932. The second-order valence-corrected chi connectivity index (χ2v) is 6.97. The summed E-state index contributed by atoms with van der Waals surface area (Å²) in [5, 5.41) is 14.7. The summed E-state index contributed by atoms with van der Waals surface area (Å²) in [7, 11) is 0. The van der Waals surface area contributed by atoms with Crippen molar-refractivity contribution < 1.29 is 14.3 Å².